The Hall–Kier alpha value is -1.51. The number of nitrogens with zero attached hydrogens (tertiary/aromatic N) is 1. The summed E-state index contributed by atoms with van der Waals surface area (Å²) in [5.41, 5.74) is 3.66. The van der Waals surface area contributed by atoms with Gasteiger partial charge in [0, 0.05) is 18.8 Å². The van der Waals surface area contributed by atoms with E-state index in [1.165, 1.54) is 16.8 Å². The molecule has 3 nitrogen and oxygen atoms in total. The average Bonchev–Trinajstić information content (AvgIpc) is 2.44. The molecule has 1 atom stereocenters. The summed E-state index contributed by atoms with van der Waals surface area (Å²) in [4.78, 5) is 12.8. The highest BCUT2D eigenvalue weighted by atomic mass is 16.4. The first-order valence-electron chi connectivity index (χ1n) is 5.12. The molecule has 1 aromatic rings. The first-order valence-corrected chi connectivity index (χ1v) is 5.12. The number of benzene rings is 1. The van der Waals surface area contributed by atoms with E-state index in [1.807, 2.05) is 7.05 Å². The number of aryl methyl sites for hydroxylation is 1. The minimum atomic E-state index is -0.726. The normalized spacial score (nSPS) is 19.1. The van der Waals surface area contributed by atoms with E-state index in [4.69, 9.17) is 5.11 Å². The topological polar surface area (TPSA) is 40.5 Å². The Kier molecular flexibility index (Phi) is 2.39. The molecular formula is C12H15NO2. The molecule has 0 bridgehead atoms. The lowest BCUT2D eigenvalue weighted by Crippen LogP contribution is -2.30. The van der Waals surface area contributed by atoms with E-state index < -0.39 is 5.97 Å². The number of carboxylic acid groups (broad SMARTS) is 1. The second-order valence-electron chi connectivity index (χ2n) is 4.20. The van der Waals surface area contributed by atoms with Crippen LogP contribution in [0.1, 0.15) is 17.5 Å². The number of anilines is 1. The lowest BCUT2D eigenvalue weighted by Gasteiger charge is -2.21. The predicted octanol–water partition coefficient (Wildman–Crippen LogP) is 1.83. The van der Waals surface area contributed by atoms with Gasteiger partial charge in [-0.1, -0.05) is 12.1 Å². The van der Waals surface area contributed by atoms with Crippen LogP contribution in [-0.4, -0.2) is 24.2 Å². The van der Waals surface area contributed by atoms with E-state index in [0.717, 1.165) is 6.42 Å². The number of aliphatic carboxylic acids is 1. The predicted molar refractivity (Wildman–Crippen MR) is 59.3 cm³/mol. The van der Waals surface area contributed by atoms with Gasteiger partial charge in [-0.2, -0.15) is 0 Å². The van der Waals surface area contributed by atoms with Gasteiger partial charge >= 0.3 is 5.97 Å². The molecule has 0 saturated carbocycles. The van der Waals surface area contributed by atoms with Crippen LogP contribution in [0.25, 0.3) is 0 Å². The maximum Gasteiger partial charge on any atom is 0.305 e. The second-order valence-corrected chi connectivity index (χ2v) is 4.20. The van der Waals surface area contributed by atoms with Gasteiger partial charge in [-0.25, -0.2) is 0 Å². The van der Waals surface area contributed by atoms with Crippen LogP contribution in [0.3, 0.4) is 0 Å². The fourth-order valence-electron chi connectivity index (χ4n) is 2.17. The van der Waals surface area contributed by atoms with Gasteiger partial charge in [-0.3, -0.25) is 4.79 Å². The average molecular weight is 205 g/mol. The van der Waals surface area contributed by atoms with Crippen LogP contribution >= 0.6 is 0 Å². The van der Waals surface area contributed by atoms with Gasteiger partial charge in [0.2, 0.25) is 0 Å². The highest BCUT2D eigenvalue weighted by molar-refractivity contribution is 5.70. The van der Waals surface area contributed by atoms with Gasteiger partial charge in [0.05, 0.1) is 6.42 Å². The van der Waals surface area contributed by atoms with Crippen LogP contribution in [-0.2, 0) is 11.2 Å². The van der Waals surface area contributed by atoms with Crippen molar-refractivity contribution in [3.8, 4) is 0 Å². The van der Waals surface area contributed by atoms with Crippen LogP contribution < -0.4 is 4.90 Å². The van der Waals surface area contributed by atoms with Crippen LogP contribution in [0.2, 0.25) is 0 Å². The summed E-state index contributed by atoms with van der Waals surface area (Å²) in [5, 5.41) is 8.80. The highest BCUT2D eigenvalue weighted by Crippen LogP contribution is 2.32. The van der Waals surface area contributed by atoms with Gasteiger partial charge in [-0.15, -0.1) is 0 Å². The first-order chi connectivity index (χ1) is 7.08. The molecule has 0 aromatic heterocycles. The molecule has 1 aliphatic rings. The molecular weight excluding hydrogens is 190 g/mol. The fourth-order valence-corrected chi connectivity index (χ4v) is 2.17. The van der Waals surface area contributed by atoms with Crippen molar-refractivity contribution in [2.45, 2.75) is 25.8 Å². The zero-order valence-corrected chi connectivity index (χ0v) is 9.03. The van der Waals surface area contributed by atoms with Crippen molar-refractivity contribution < 1.29 is 9.90 Å². The Morgan fingerprint density at radius 3 is 3.00 bits per heavy atom. The van der Waals surface area contributed by atoms with Crippen molar-refractivity contribution in [2.24, 2.45) is 0 Å². The van der Waals surface area contributed by atoms with Crippen molar-refractivity contribution >= 4 is 11.7 Å². The molecule has 0 amide bonds. The van der Waals surface area contributed by atoms with Crippen LogP contribution in [0, 0.1) is 6.92 Å². The van der Waals surface area contributed by atoms with Crippen LogP contribution in [0.4, 0.5) is 5.69 Å². The Labute approximate surface area is 89.3 Å². The van der Waals surface area contributed by atoms with E-state index in [1.54, 1.807) is 0 Å². The third-order valence-corrected chi connectivity index (χ3v) is 3.03. The summed E-state index contributed by atoms with van der Waals surface area (Å²) in [7, 11) is 1.97. The summed E-state index contributed by atoms with van der Waals surface area (Å²) in [6, 6.07) is 6.41. The third-order valence-electron chi connectivity index (χ3n) is 3.03. The fraction of sp³-hybridized carbons (Fsp3) is 0.417. The minimum absolute atomic E-state index is 0.110. The minimum Gasteiger partial charge on any atom is -0.481 e. The standard InChI is InChI=1S/C12H15NO2/c1-8-3-4-9-6-10(7-12(14)15)13(2)11(9)5-8/h3-5,10H,6-7H2,1-2H3,(H,14,15). The molecule has 1 N–H and O–H groups in total. The Bertz CT molecular complexity index is 401. The summed E-state index contributed by atoms with van der Waals surface area (Å²) in [6.07, 6.45) is 1.06. The van der Waals surface area contributed by atoms with Crippen molar-refractivity contribution in [3.05, 3.63) is 29.3 Å². The number of hydrogen-bond donors (Lipinski definition) is 1. The largest absolute Gasteiger partial charge is 0.481 e. The molecule has 2 rings (SSSR count). The zero-order valence-electron chi connectivity index (χ0n) is 9.03. The quantitative estimate of drug-likeness (QED) is 0.800. The molecule has 0 radical (unpaired) electrons. The van der Waals surface area contributed by atoms with Gasteiger partial charge in [0.25, 0.3) is 0 Å². The zero-order chi connectivity index (χ0) is 11.0. The van der Waals surface area contributed by atoms with Gasteiger partial charge in [0.15, 0.2) is 0 Å². The van der Waals surface area contributed by atoms with Gasteiger partial charge in [0.1, 0.15) is 0 Å². The number of fused-ring (bicyclic) bond motifs is 1. The van der Waals surface area contributed by atoms with E-state index in [2.05, 4.69) is 30.0 Å². The lowest BCUT2D eigenvalue weighted by atomic mass is 10.1. The monoisotopic (exact) mass is 205 g/mol. The number of carboxylic acids is 1. The van der Waals surface area contributed by atoms with E-state index in [0.29, 0.717) is 0 Å². The summed E-state index contributed by atoms with van der Waals surface area (Å²) >= 11 is 0. The van der Waals surface area contributed by atoms with Gasteiger partial charge in [-0.05, 0) is 30.5 Å². The van der Waals surface area contributed by atoms with Crippen LogP contribution in [0.5, 0.6) is 0 Å². The molecule has 1 heterocycles. The van der Waals surface area contributed by atoms with Crippen molar-refractivity contribution in [2.75, 3.05) is 11.9 Å². The molecule has 0 saturated heterocycles. The van der Waals surface area contributed by atoms with Crippen molar-refractivity contribution in [1.82, 2.24) is 0 Å². The van der Waals surface area contributed by atoms with Crippen LogP contribution in [0.15, 0.2) is 18.2 Å². The Balaban J connectivity index is 2.25. The molecule has 0 fully saturated rings. The second kappa shape index (κ2) is 3.57. The molecule has 1 unspecified atom stereocenters. The van der Waals surface area contributed by atoms with Crippen molar-refractivity contribution in [1.29, 1.82) is 0 Å². The molecule has 1 aromatic carbocycles. The smallest absolute Gasteiger partial charge is 0.305 e. The molecule has 0 spiro atoms. The first kappa shape index (κ1) is 10.0. The SMILES string of the molecule is Cc1ccc2c(c1)N(C)C(CC(=O)O)C2. The van der Waals surface area contributed by atoms with E-state index >= 15 is 0 Å². The maximum absolute atomic E-state index is 10.7. The highest BCUT2D eigenvalue weighted by Gasteiger charge is 2.27. The third kappa shape index (κ3) is 1.82. The maximum atomic E-state index is 10.7. The molecule has 1 aliphatic heterocycles. The van der Waals surface area contributed by atoms with E-state index in [9.17, 15) is 4.79 Å². The number of likely N-dealkylation sites (N-methyl/N-ethyl adjacent to an activating group) is 1. The number of hydrogen-bond acceptors (Lipinski definition) is 2. The summed E-state index contributed by atoms with van der Waals surface area (Å²) in [5.74, 6) is -0.726. The summed E-state index contributed by atoms with van der Waals surface area (Å²) < 4.78 is 0. The lowest BCUT2D eigenvalue weighted by molar-refractivity contribution is -0.137. The number of rotatable bonds is 2. The molecule has 80 valence electrons. The summed E-state index contributed by atoms with van der Waals surface area (Å²) in [6.45, 7) is 2.05. The Morgan fingerprint density at radius 1 is 1.60 bits per heavy atom. The molecule has 0 aliphatic carbocycles. The Morgan fingerprint density at radius 2 is 2.33 bits per heavy atom. The molecule has 15 heavy (non-hydrogen) atoms. The molecule has 3 heteroatoms. The van der Waals surface area contributed by atoms with E-state index in [-0.39, 0.29) is 12.5 Å². The van der Waals surface area contributed by atoms with Crippen molar-refractivity contribution in [3.63, 3.8) is 0 Å². The van der Waals surface area contributed by atoms with Gasteiger partial charge < -0.3 is 10.0 Å². The number of carbonyl (C=O) groups is 1.